The van der Waals surface area contributed by atoms with Crippen LogP contribution in [0.5, 0.6) is 11.5 Å². The first-order valence-electron chi connectivity index (χ1n) is 9.78. The molecule has 5 rings (SSSR count). The summed E-state index contributed by atoms with van der Waals surface area (Å²) in [7, 11) is 0. The molecule has 3 aliphatic rings. The fourth-order valence-corrected chi connectivity index (χ4v) is 5.38. The Morgan fingerprint density at radius 1 is 1.00 bits per heavy atom. The van der Waals surface area contributed by atoms with Gasteiger partial charge in [-0.2, -0.15) is 0 Å². The van der Waals surface area contributed by atoms with Crippen LogP contribution in [0.1, 0.15) is 38.5 Å². The molecule has 1 saturated heterocycles. The van der Waals surface area contributed by atoms with Crippen LogP contribution in [-0.4, -0.2) is 48.7 Å². The van der Waals surface area contributed by atoms with Crippen LogP contribution in [0.25, 0.3) is 0 Å². The van der Waals surface area contributed by atoms with Crippen LogP contribution in [0.2, 0.25) is 0 Å². The van der Waals surface area contributed by atoms with Crippen LogP contribution in [0.15, 0.2) is 24.3 Å². The number of amides is 1. The highest BCUT2D eigenvalue weighted by molar-refractivity contribution is 7.14. The van der Waals surface area contributed by atoms with E-state index < -0.39 is 0 Å². The molecule has 28 heavy (non-hydrogen) atoms. The molecule has 0 bridgehead atoms. The van der Waals surface area contributed by atoms with Gasteiger partial charge < -0.3 is 14.4 Å². The second-order valence-corrected chi connectivity index (χ2v) is 8.66. The third kappa shape index (κ3) is 3.86. The van der Waals surface area contributed by atoms with Gasteiger partial charge >= 0.3 is 0 Å². The molecule has 2 aliphatic heterocycles. The number of fused-ring (bicyclic) bond motifs is 2. The van der Waals surface area contributed by atoms with Gasteiger partial charge in [0.15, 0.2) is 11.5 Å². The van der Waals surface area contributed by atoms with Gasteiger partial charge in [0, 0.05) is 37.6 Å². The van der Waals surface area contributed by atoms with Crippen molar-refractivity contribution in [1.29, 1.82) is 0 Å². The number of thiophene rings is 1. The predicted octanol–water partition coefficient (Wildman–Crippen LogP) is 3.74. The highest BCUT2D eigenvalue weighted by atomic mass is 35.5. The lowest BCUT2D eigenvalue weighted by molar-refractivity contribution is 0.0633. The number of carbonyl (C=O) groups is 1. The maximum atomic E-state index is 12.9. The number of piperazine rings is 1. The van der Waals surface area contributed by atoms with Crippen molar-refractivity contribution in [2.24, 2.45) is 0 Å². The molecule has 1 aliphatic carbocycles. The van der Waals surface area contributed by atoms with E-state index in [1.165, 1.54) is 28.8 Å². The summed E-state index contributed by atoms with van der Waals surface area (Å²) in [6.07, 6.45) is 4.81. The molecule has 3 heterocycles. The molecule has 1 aromatic carbocycles. The lowest BCUT2D eigenvalue weighted by atomic mass is 9.99. The number of carbonyl (C=O) groups excluding carboxylic acids is 1. The molecular formula is C21H25ClN2O3S. The maximum Gasteiger partial charge on any atom is 0.264 e. The molecule has 7 heteroatoms. The molecule has 0 atom stereocenters. The molecular weight excluding hydrogens is 396 g/mol. The zero-order valence-electron chi connectivity index (χ0n) is 15.8. The second kappa shape index (κ2) is 8.31. The molecule has 0 saturated carbocycles. The number of benzene rings is 1. The molecule has 0 spiro atoms. The summed E-state index contributed by atoms with van der Waals surface area (Å²) in [5.41, 5.74) is 2.64. The molecule has 5 nitrogen and oxygen atoms in total. The predicted molar refractivity (Wildman–Crippen MR) is 112 cm³/mol. The van der Waals surface area contributed by atoms with E-state index in [2.05, 4.69) is 23.1 Å². The van der Waals surface area contributed by atoms with E-state index >= 15 is 0 Å². The van der Waals surface area contributed by atoms with Crippen molar-refractivity contribution in [3.63, 3.8) is 0 Å². The van der Waals surface area contributed by atoms with Crippen LogP contribution in [0.3, 0.4) is 0 Å². The minimum absolute atomic E-state index is 0. The SMILES string of the molecule is Cl.O=C(c1cc2c(s1)CCCC2)N1CCN(Cc2ccc3c(c2)OCO3)CC1. The fraction of sp³-hybridized carbons (Fsp3) is 0.476. The van der Waals surface area contributed by atoms with Gasteiger partial charge in [-0.3, -0.25) is 9.69 Å². The third-order valence-corrected chi connectivity index (χ3v) is 6.94. The monoisotopic (exact) mass is 420 g/mol. The largest absolute Gasteiger partial charge is 0.454 e. The summed E-state index contributed by atoms with van der Waals surface area (Å²) in [6, 6.07) is 8.30. The van der Waals surface area contributed by atoms with Gasteiger partial charge in [0.25, 0.3) is 5.91 Å². The van der Waals surface area contributed by atoms with E-state index in [1.807, 2.05) is 11.0 Å². The summed E-state index contributed by atoms with van der Waals surface area (Å²) in [5, 5.41) is 0. The van der Waals surface area contributed by atoms with E-state index in [1.54, 1.807) is 11.3 Å². The summed E-state index contributed by atoms with van der Waals surface area (Å²) < 4.78 is 10.8. The zero-order chi connectivity index (χ0) is 18.2. The fourth-order valence-electron chi connectivity index (χ4n) is 4.16. The van der Waals surface area contributed by atoms with Crippen LogP contribution < -0.4 is 9.47 Å². The van der Waals surface area contributed by atoms with Gasteiger partial charge in [-0.1, -0.05) is 6.07 Å². The molecule has 1 amide bonds. The normalized spacial score (nSPS) is 18.5. The van der Waals surface area contributed by atoms with Gasteiger partial charge in [-0.25, -0.2) is 0 Å². The molecule has 1 fully saturated rings. The lowest BCUT2D eigenvalue weighted by Crippen LogP contribution is -2.48. The topological polar surface area (TPSA) is 42.0 Å². The Hall–Kier alpha value is -1.76. The minimum atomic E-state index is 0. The summed E-state index contributed by atoms with van der Waals surface area (Å²) in [5.74, 6) is 1.88. The van der Waals surface area contributed by atoms with Gasteiger partial charge in [0.2, 0.25) is 6.79 Å². The zero-order valence-corrected chi connectivity index (χ0v) is 17.4. The number of hydrogen-bond donors (Lipinski definition) is 0. The van der Waals surface area contributed by atoms with Crippen LogP contribution in [-0.2, 0) is 19.4 Å². The van der Waals surface area contributed by atoms with E-state index in [-0.39, 0.29) is 18.3 Å². The molecule has 0 N–H and O–H groups in total. The smallest absolute Gasteiger partial charge is 0.264 e. The van der Waals surface area contributed by atoms with Crippen LogP contribution in [0.4, 0.5) is 0 Å². The number of hydrogen-bond acceptors (Lipinski definition) is 5. The van der Waals surface area contributed by atoms with Crippen molar-refractivity contribution in [3.8, 4) is 11.5 Å². The van der Waals surface area contributed by atoms with Crippen molar-refractivity contribution in [2.45, 2.75) is 32.2 Å². The molecule has 0 radical (unpaired) electrons. The highest BCUT2D eigenvalue weighted by Gasteiger charge is 2.25. The number of aryl methyl sites for hydroxylation is 2. The van der Waals surface area contributed by atoms with E-state index in [4.69, 9.17) is 9.47 Å². The molecule has 1 aromatic heterocycles. The quantitative estimate of drug-likeness (QED) is 0.758. The lowest BCUT2D eigenvalue weighted by Gasteiger charge is -2.34. The first-order chi connectivity index (χ1) is 13.3. The van der Waals surface area contributed by atoms with Crippen LogP contribution >= 0.6 is 23.7 Å². The summed E-state index contributed by atoms with van der Waals surface area (Å²) in [6.45, 7) is 4.60. The Morgan fingerprint density at radius 2 is 1.79 bits per heavy atom. The number of ether oxygens (including phenoxy) is 2. The number of rotatable bonds is 3. The van der Waals surface area contributed by atoms with Gasteiger partial charge in [-0.05, 0) is 55.0 Å². The van der Waals surface area contributed by atoms with Crippen molar-refractivity contribution in [3.05, 3.63) is 45.1 Å². The Balaban J connectivity index is 0.00000192. The van der Waals surface area contributed by atoms with Crippen molar-refractivity contribution >= 4 is 29.7 Å². The van der Waals surface area contributed by atoms with Gasteiger partial charge in [0.1, 0.15) is 0 Å². The average molecular weight is 421 g/mol. The maximum absolute atomic E-state index is 12.9. The Morgan fingerprint density at radius 3 is 2.61 bits per heavy atom. The number of halogens is 1. The number of nitrogens with zero attached hydrogens (tertiary/aromatic N) is 2. The van der Waals surface area contributed by atoms with Gasteiger partial charge in [-0.15, -0.1) is 23.7 Å². The molecule has 2 aromatic rings. The van der Waals surface area contributed by atoms with Crippen molar-refractivity contribution in [2.75, 3.05) is 33.0 Å². The highest BCUT2D eigenvalue weighted by Crippen LogP contribution is 2.33. The third-order valence-electron chi connectivity index (χ3n) is 5.71. The van der Waals surface area contributed by atoms with E-state index in [0.29, 0.717) is 6.79 Å². The first kappa shape index (κ1) is 19.6. The average Bonchev–Trinajstić information content (AvgIpc) is 3.34. The standard InChI is InChI=1S/C21H24N2O3S.ClH/c24-21(20-12-16-3-1-2-4-19(16)27-20)23-9-7-22(8-10-23)13-15-5-6-17-18(11-15)26-14-25-17;/h5-6,11-12H,1-4,7-10,13-14H2;1H. The molecule has 150 valence electrons. The first-order valence-corrected chi connectivity index (χ1v) is 10.6. The summed E-state index contributed by atoms with van der Waals surface area (Å²) >= 11 is 1.72. The Labute approximate surface area is 175 Å². The minimum Gasteiger partial charge on any atom is -0.454 e. The summed E-state index contributed by atoms with van der Waals surface area (Å²) in [4.78, 5) is 19.7. The van der Waals surface area contributed by atoms with Crippen LogP contribution in [0, 0.1) is 0 Å². The Kier molecular flexibility index (Phi) is 5.80. The van der Waals surface area contributed by atoms with Crippen molar-refractivity contribution in [1.82, 2.24) is 9.80 Å². The van der Waals surface area contributed by atoms with Gasteiger partial charge in [0.05, 0.1) is 4.88 Å². The van der Waals surface area contributed by atoms with Crippen molar-refractivity contribution < 1.29 is 14.3 Å². The van der Waals surface area contributed by atoms with E-state index in [0.717, 1.165) is 61.9 Å². The second-order valence-electron chi connectivity index (χ2n) is 7.52. The molecule has 0 unspecified atom stereocenters. The van der Waals surface area contributed by atoms with E-state index in [9.17, 15) is 4.79 Å². The Bertz CT molecular complexity index is 838.